The number of aryl methyl sites for hydroxylation is 3. The Labute approximate surface area is 138 Å². The number of rotatable bonds is 2. The van der Waals surface area contributed by atoms with Crippen LogP contribution < -0.4 is 0 Å². The van der Waals surface area contributed by atoms with Crippen molar-refractivity contribution in [3.63, 3.8) is 0 Å². The number of thiazole rings is 1. The minimum Gasteiger partial charge on any atom is -0.275 e. The molecule has 114 valence electrons. The molecule has 0 spiro atoms. The molecule has 4 rings (SSSR count). The first-order valence-electron chi connectivity index (χ1n) is 7.44. The number of pyridine rings is 1. The van der Waals surface area contributed by atoms with E-state index in [4.69, 9.17) is 4.98 Å². The van der Waals surface area contributed by atoms with Crippen LogP contribution in [0.25, 0.3) is 33.5 Å². The highest BCUT2D eigenvalue weighted by Crippen LogP contribution is 2.28. The maximum absolute atomic E-state index is 4.77. The molecule has 3 heterocycles. The Hall–Kier alpha value is -2.53. The minimum absolute atomic E-state index is 0.900. The Morgan fingerprint density at radius 3 is 2.52 bits per heavy atom. The molecule has 0 atom stereocenters. The maximum atomic E-state index is 4.77. The SMILES string of the molecule is Cc1nc(-c2ccc3nc(-c4ccn(C)n4)cc(C)c3c2)cs1. The van der Waals surface area contributed by atoms with Crippen LogP contribution in [0.3, 0.4) is 0 Å². The van der Waals surface area contributed by atoms with Crippen LogP contribution in [0.15, 0.2) is 41.9 Å². The second-order valence-corrected chi connectivity index (χ2v) is 6.74. The molecule has 4 aromatic rings. The number of hydrogen-bond acceptors (Lipinski definition) is 4. The number of nitrogens with zero attached hydrogens (tertiary/aromatic N) is 4. The summed E-state index contributed by atoms with van der Waals surface area (Å²) >= 11 is 1.67. The highest BCUT2D eigenvalue weighted by atomic mass is 32.1. The van der Waals surface area contributed by atoms with Gasteiger partial charge in [0.15, 0.2) is 0 Å². The molecular weight excluding hydrogens is 304 g/mol. The summed E-state index contributed by atoms with van der Waals surface area (Å²) in [7, 11) is 1.92. The molecule has 0 N–H and O–H groups in total. The van der Waals surface area contributed by atoms with E-state index < -0.39 is 0 Å². The molecule has 0 aliphatic carbocycles. The van der Waals surface area contributed by atoms with E-state index in [0.717, 1.165) is 38.6 Å². The molecule has 3 aromatic heterocycles. The fourth-order valence-electron chi connectivity index (χ4n) is 2.73. The third-order valence-electron chi connectivity index (χ3n) is 3.91. The van der Waals surface area contributed by atoms with Crippen molar-refractivity contribution < 1.29 is 0 Å². The molecular formula is C18H16N4S. The van der Waals surface area contributed by atoms with Gasteiger partial charge >= 0.3 is 0 Å². The average molecular weight is 320 g/mol. The van der Waals surface area contributed by atoms with E-state index in [9.17, 15) is 0 Å². The summed E-state index contributed by atoms with van der Waals surface area (Å²) < 4.78 is 1.80. The zero-order valence-corrected chi connectivity index (χ0v) is 14.1. The molecule has 0 radical (unpaired) electrons. The summed E-state index contributed by atoms with van der Waals surface area (Å²) in [6.07, 6.45) is 1.93. The zero-order chi connectivity index (χ0) is 16.0. The number of hydrogen-bond donors (Lipinski definition) is 0. The smallest absolute Gasteiger partial charge is 0.111 e. The van der Waals surface area contributed by atoms with Crippen LogP contribution in [0.4, 0.5) is 0 Å². The summed E-state index contributed by atoms with van der Waals surface area (Å²) in [5.74, 6) is 0. The lowest BCUT2D eigenvalue weighted by Gasteiger charge is -2.07. The lowest BCUT2D eigenvalue weighted by atomic mass is 10.0. The van der Waals surface area contributed by atoms with Crippen molar-refractivity contribution in [2.75, 3.05) is 0 Å². The number of benzene rings is 1. The normalized spacial score (nSPS) is 11.3. The average Bonchev–Trinajstić information content (AvgIpc) is 3.15. The van der Waals surface area contributed by atoms with Crippen LogP contribution in [-0.2, 0) is 7.05 Å². The van der Waals surface area contributed by atoms with E-state index in [1.165, 1.54) is 5.56 Å². The van der Waals surface area contributed by atoms with E-state index in [1.807, 2.05) is 26.2 Å². The predicted molar refractivity (Wildman–Crippen MR) is 94.5 cm³/mol. The molecule has 0 aliphatic heterocycles. The molecule has 4 nitrogen and oxygen atoms in total. The lowest BCUT2D eigenvalue weighted by Crippen LogP contribution is -1.92. The van der Waals surface area contributed by atoms with Crippen LogP contribution in [0.2, 0.25) is 0 Å². The Bertz CT molecular complexity index is 1010. The van der Waals surface area contributed by atoms with Gasteiger partial charge in [-0.1, -0.05) is 6.07 Å². The summed E-state index contributed by atoms with van der Waals surface area (Å²) in [5, 5.41) is 8.78. The van der Waals surface area contributed by atoms with Gasteiger partial charge in [-0.05, 0) is 43.7 Å². The van der Waals surface area contributed by atoms with Crippen molar-refractivity contribution in [3.05, 3.63) is 52.5 Å². The van der Waals surface area contributed by atoms with Gasteiger partial charge in [-0.25, -0.2) is 9.97 Å². The van der Waals surface area contributed by atoms with E-state index >= 15 is 0 Å². The first-order valence-corrected chi connectivity index (χ1v) is 8.32. The third-order valence-corrected chi connectivity index (χ3v) is 4.68. The predicted octanol–water partition coefficient (Wildman–Crippen LogP) is 4.38. The van der Waals surface area contributed by atoms with Crippen LogP contribution in [0.1, 0.15) is 10.6 Å². The molecule has 0 saturated heterocycles. The summed E-state index contributed by atoms with van der Waals surface area (Å²) in [5.41, 5.74) is 6.16. The maximum Gasteiger partial charge on any atom is 0.111 e. The van der Waals surface area contributed by atoms with Crippen molar-refractivity contribution in [1.82, 2.24) is 19.7 Å². The Morgan fingerprint density at radius 1 is 0.957 bits per heavy atom. The molecule has 23 heavy (non-hydrogen) atoms. The number of fused-ring (bicyclic) bond motifs is 1. The van der Waals surface area contributed by atoms with Gasteiger partial charge < -0.3 is 0 Å². The van der Waals surface area contributed by atoms with Crippen LogP contribution >= 0.6 is 11.3 Å². The molecule has 1 aromatic carbocycles. The van der Waals surface area contributed by atoms with Crippen LogP contribution in [0.5, 0.6) is 0 Å². The third kappa shape index (κ3) is 2.53. The van der Waals surface area contributed by atoms with Crippen molar-refractivity contribution in [1.29, 1.82) is 0 Å². The van der Waals surface area contributed by atoms with Crippen LogP contribution in [0, 0.1) is 13.8 Å². The highest BCUT2D eigenvalue weighted by molar-refractivity contribution is 7.09. The Kier molecular flexibility index (Phi) is 3.23. The second-order valence-electron chi connectivity index (χ2n) is 5.68. The van der Waals surface area contributed by atoms with Gasteiger partial charge in [0.2, 0.25) is 0 Å². The van der Waals surface area contributed by atoms with E-state index in [1.54, 1.807) is 16.0 Å². The summed E-state index contributed by atoms with van der Waals surface area (Å²) in [6.45, 7) is 4.15. The topological polar surface area (TPSA) is 43.6 Å². The lowest BCUT2D eigenvalue weighted by molar-refractivity contribution is 0.770. The zero-order valence-electron chi connectivity index (χ0n) is 13.2. The molecule has 0 aliphatic rings. The van der Waals surface area contributed by atoms with E-state index in [2.05, 4.69) is 46.7 Å². The first kappa shape index (κ1) is 14.1. The van der Waals surface area contributed by atoms with Crippen molar-refractivity contribution >= 4 is 22.2 Å². The highest BCUT2D eigenvalue weighted by Gasteiger charge is 2.09. The van der Waals surface area contributed by atoms with Crippen molar-refractivity contribution in [2.45, 2.75) is 13.8 Å². The molecule has 0 fully saturated rings. The molecule has 0 bridgehead atoms. The van der Waals surface area contributed by atoms with Gasteiger partial charge in [-0.2, -0.15) is 5.10 Å². The second kappa shape index (κ2) is 5.28. The Morgan fingerprint density at radius 2 is 1.83 bits per heavy atom. The van der Waals surface area contributed by atoms with Crippen LogP contribution in [-0.4, -0.2) is 19.7 Å². The minimum atomic E-state index is 0.900. The van der Waals surface area contributed by atoms with Crippen molar-refractivity contribution in [2.24, 2.45) is 7.05 Å². The van der Waals surface area contributed by atoms with Gasteiger partial charge in [-0.3, -0.25) is 4.68 Å². The monoisotopic (exact) mass is 320 g/mol. The molecule has 0 amide bonds. The van der Waals surface area contributed by atoms with Gasteiger partial charge in [-0.15, -0.1) is 11.3 Å². The summed E-state index contributed by atoms with van der Waals surface area (Å²) in [6, 6.07) is 10.4. The van der Waals surface area contributed by atoms with Crippen molar-refractivity contribution in [3.8, 4) is 22.6 Å². The fourth-order valence-corrected chi connectivity index (χ4v) is 3.35. The summed E-state index contributed by atoms with van der Waals surface area (Å²) in [4.78, 5) is 9.34. The van der Waals surface area contributed by atoms with Gasteiger partial charge in [0.25, 0.3) is 0 Å². The Balaban J connectivity index is 1.85. The molecule has 0 unspecified atom stereocenters. The largest absolute Gasteiger partial charge is 0.275 e. The van der Waals surface area contributed by atoms with E-state index in [-0.39, 0.29) is 0 Å². The first-order chi connectivity index (χ1) is 11.1. The van der Waals surface area contributed by atoms with E-state index in [0.29, 0.717) is 0 Å². The van der Waals surface area contributed by atoms with Gasteiger partial charge in [0, 0.05) is 29.6 Å². The standard InChI is InChI=1S/C18H16N4S/c1-11-8-17(16-6-7-22(3)21-16)20-15-5-4-13(9-14(11)15)18-10-23-12(2)19-18/h4-10H,1-3H3. The van der Waals surface area contributed by atoms with Gasteiger partial charge in [0.05, 0.1) is 21.9 Å². The van der Waals surface area contributed by atoms with Gasteiger partial charge in [0.1, 0.15) is 5.69 Å². The quantitative estimate of drug-likeness (QED) is 0.550. The fraction of sp³-hybridized carbons (Fsp3) is 0.167. The molecule has 5 heteroatoms. The molecule has 0 saturated carbocycles. The number of aromatic nitrogens is 4.